The number of carbonyl (C=O) groups excluding carboxylic acids is 1. The van der Waals surface area contributed by atoms with Crippen LogP contribution >= 0.6 is 12.4 Å². The van der Waals surface area contributed by atoms with Crippen molar-refractivity contribution in [3.8, 4) is 11.4 Å². The normalized spacial score (nSPS) is 23.2. The van der Waals surface area contributed by atoms with Crippen molar-refractivity contribution in [1.82, 2.24) is 25.2 Å². The Kier molecular flexibility index (Phi) is 5.04. The van der Waals surface area contributed by atoms with Gasteiger partial charge < -0.3 is 9.84 Å². The lowest BCUT2D eigenvalue weighted by Crippen LogP contribution is -2.32. The van der Waals surface area contributed by atoms with E-state index < -0.39 is 0 Å². The van der Waals surface area contributed by atoms with Crippen LogP contribution in [0.1, 0.15) is 35.7 Å². The van der Waals surface area contributed by atoms with Crippen LogP contribution in [-0.2, 0) is 16.8 Å². The summed E-state index contributed by atoms with van der Waals surface area (Å²) in [5.41, 5.74) is 3.86. The van der Waals surface area contributed by atoms with Crippen LogP contribution in [-0.4, -0.2) is 38.8 Å². The zero-order valence-corrected chi connectivity index (χ0v) is 17.3. The van der Waals surface area contributed by atoms with Gasteiger partial charge in [0.05, 0.1) is 17.7 Å². The number of halogens is 1. The van der Waals surface area contributed by atoms with Crippen molar-refractivity contribution < 1.29 is 9.32 Å². The maximum absolute atomic E-state index is 12.2. The number of hydrogen-bond donors (Lipinski definition) is 1. The van der Waals surface area contributed by atoms with Gasteiger partial charge in [0.15, 0.2) is 0 Å². The smallest absolute Gasteiger partial charge is 0.235 e. The fourth-order valence-corrected chi connectivity index (χ4v) is 4.65. The summed E-state index contributed by atoms with van der Waals surface area (Å²) in [6.07, 6.45) is 1.38. The van der Waals surface area contributed by atoms with Gasteiger partial charge in [-0.2, -0.15) is 10.1 Å². The van der Waals surface area contributed by atoms with E-state index in [1.54, 1.807) is 0 Å². The van der Waals surface area contributed by atoms with E-state index >= 15 is 0 Å². The number of carbonyl (C=O) groups is 1. The Hall–Kier alpha value is -2.51. The van der Waals surface area contributed by atoms with E-state index in [0.717, 1.165) is 35.5 Å². The number of aromatic nitrogens is 4. The first-order valence-corrected chi connectivity index (χ1v) is 9.73. The molecule has 5 rings (SSSR count). The molecule has 1 aliphatic heterocycles. The predicted octanol–water partition coefficient (Wildman–Crippen LogP) is 2.84. The number of aryl methyl sites for hydroxylation is 2. The van der Waals surface area contributed by atoms with Gasteiger partial charge in [0.2, 0.25) is 11.7 Å². The summed E-state index contributed by atoms with van der Waals surface area (Å²) in [4.78, 5) is 16.9. The monoisotopic (exact) mass is 413 g/mol. The molecule has 2 atom stereocenters. The number of nitrogens with one attached hydrogen (secondary N) is 1. The van der Waals surface area contributed by atoms with Crippen LogP contribution in [0.2, 0.25) is 0 Å². The molecule has 1 aliphatic carbocycles. The zero-order valence-electron chi connectivity index (χ0n) is 16.5. The fraction of sp³-hybridized carbons (Fsp3) is 0.429. The maximum atomic E-state index is 12.2. The van der Waals surface area contributed by atoms with Gasteiger partial charge in [-0.25, -0.2) is 0 Å². The molecular weight excluding hydrogens is 390 g/mol. The summed E-state index contributed by atoms with van der Waals surface area (Å²) in [5.74, 6) is 1.42. The van der Waals surface area contributed by atoms with E-state index in [0.29, 0.717) is 37.0 Å². The Morgan fingerprint density at radius 1 is 1.31 bits per heavy atom. The molecule has 3 aromatic rings. The van der Waals surface area contributed by atoms with Crippen LogP contribution in [0.25, 0.3) is 11.4 Å². The highest BCUT2D eigenvalue weighted by molar-refractivity contribution is 5.86. The van der Waals surface area contributed by atoms with Crippen LogP contribution in [0.5, 0.6) is 0 Å². The standard InChI is InChI=1S/C21H23N5O2.ClH/c1-13-8-14(2)26(24-13)11-15-4-3-5-16(9-15)19-23-20(28-25-19)21-7-6-18(27)17(21)10-22-12-21;/h3-5,8-9,17,22H,6-7,10-12H2,1-2H3;1H. The molecule has 1 saturated heterocycles. The average Bonchev–Trinajstić information content (AvgIpc) is 3.42. The summed E-state index contributed by atoms with van der Waals surface area (Å²) >= 11 is 0. The first-order valence-electron chi connectivity index (χ1n) is 9.73. The largest absolute Gasteiger partial charge is 0.338 e. The summed E-state index contributed by atoms with van der Waals surface area (Å²) in [6, 6.07) is 10.2. The van der Waals surface area contributed by atoms with Crippen molar-refractivity contribution in [1.29, 1.82) is 0 Å². The van der Waals surface area contributed by atoms with E-state index in [1.807, 2.05) is 23.7 Å². The summed E-state index contributed by atoms with van der Waals surface area (Å²) in [5, 5.41) is 12.1. The maximum Gasteiger partial charge on any atom is 0.235 e. The SMILES string of the molecule is Cc1cc(C)n(Cc2cccc(-c3noc(C45CCC(=O)C4CNC5)n3)c2)n1.Cl. The number of Topliss-reactive ketones (excluding diaryl/α,β-unsaturated/α-hetero) is 1. The molecule has 0 bridgehead atoms. The second-order valence-corrected chi connectivity index (χ2v) is 8.01. The van der Waals surface area contributed by atoms with E-state index in [1.165, 1.54) is 0 Å². The highest BCUT2D eigenvalue weighted by atomic mass is 35.5. The molecule has 0 spiro atoms. The molecule has 2 unspecified atom stereocenters. The number of nitrogens with zero attached hydrogens (tertiary/aromatic N) is 4. The zero-order chi connectivity index (χ0) is 19.3. The molecule has 7 nitrogen and oxygen atoms in total. The minimum atomic E-state index is -0.330. The lowest BCUT2D eigenvalue weighted by atomic mass is 9.80. The van der Waals surface area contributed by atoms with Gasteiger partial charge in [0.25, 0.3) is 0 Å². The number of ketones is 1. The number of benzene rings is 1. The summed E-state index contributed by atoms with van der Waals surface area (Å²) in [6.45, 7) is 6.18. The summed E-state index contributed by atoms with van der Waals surface area (Å²) < 4.78 is 7.66. The Balaban J connectivity index is 0.00000205. The highest BCUT2D eigenvalue weighted by Gasteiger charge is 2.55. The van der Waals surface area contributed by atoms with Crippen LogP contribution in [0, 0.1) is 19.8 Å². The first-order chi connectivity index (χ1) is 13.5. The number of fused-ring (bicyclic) bond motifs is 1. The molecule has 152 valence electrons. The van der Waals surface area contributed by atoms with Crippen molar-refractivity contribution in [2.45, 2.75) is 38.6 Å². The molecule has 29 heavy (non-hydrogen) atoms. The van der Waals surface area contributed by atoms with Crippen molar-refractivity contribution in [2.24, 2.45) is 5.92 Å². The van der Waals surface area contributed by atoms with E-state index in [2.05, 4.69) is 40.7 Å². The van der Waals surface area contributed by atoms with Gasteiger partial charge in [-0.3, -0.25) is 9.48 Å². The molecule has 2 aliphatic rings. The molecular formula is C21H24ClN5O2. The topological polar surface area (TPSA) is 85.8 Å². The highest BCUT2D eigenvalue weighted by Crippen LogP contribution is 2.45. The minimum absolute atomic E-state index is 0. The summed E-state index contributed by atoms with van der Waals surface area (Å²) in [7, 11) is 0. The van der Waals surface area contributed by atoms with Gasteiger partial charge in [0.1, 0.15) is 5.78 Å². The third-order valence-electron chi connectivity index (χ3n) is 6.13. The molecule has 1 N–H and O–H groups in total. The number of hydrogen-bond acceptors (Lipinski definition) is 6. The van der Waals surface area contributed by atoms with Crippen LogP contribution < -0.4 is 5.32 Å². The molecule has 2 fully saturated rings. The lowest BCUT2D eigenvalue weighted by molar-refractivity contribution is -0.120. The molecule has 1 aromatic carbocycles. The van der Waals surface area contributed by atoms with Crippen molar-refractivity contribution >= 4 is 18.2 Å². The molecule has 8 heteroatoms. The molecule has 2 aromatic heterocycles. The van der Waals surface area contributed by atoms with E-state index in [-0.39, 0.29) is 23.7 Å². The second-order valence-electron chi connectivity index (χ2n) is 8.01. The van der Waals surface area contributed by atoms with Gasteiger partial charge in [-0.1, -0.05) is 23.4 Å². The molecule has 0 radical (unpaired) electrons. The molecule has 3 heterocycles. The third kappa shape index (κ3) is 3.28. The van der Waals surface area contributed by atoms with E-state index in [4.69, 9.17) is 9.51 Å². The first kappa shape index (κ1) is 19.8. The number of rotatable bonds is 4. The Morgan fingerprint density at radius 2 is 2.17 bits per heavy atom. The van der Waals surface area contributed by atoms with Crippen molar-refractivity contribution in [3.63, 3.8) is 0 Å². The Bertz CT molecular complexity index is 1060. The minimum Gasteiger partial charge on any atom is -0.338 e. The van der Waals surface area contributed by atoms with Gasteiger partial charge in [0, 0.05) is 36.7 Å². The Labute approximate surface area is 175 Å². The fourth-order valence-electron chi connectivity index (χ4n) is 4.65. The van der Waals surface area contributed by atoms with Crippen LogP contribution in [0.15, 0.2) is 34.9 Å². The van der Waals surface area contributed by atoms with Crippen molar-refractivity contribution in [3.05, 3.63) is 53.2 Å². The third-order valence-corrected chi connectivity index (χ3v) is 6.13. The second kappa shape index (κ2) is 7.39. The van der Waals surface area contributed by atoms with Crippen LogP contribution in [0.4, 0.5) is 0 Å². The predicted molar refractivity (Wildman–Crippen MR) is 110 cm³/mol. The quantitative estimate of drug-likeness (QED) is 0.707. The molecule has 0 amide bonds. The molecule has 1 saturated carbocycles. The van der Waals surface area contributed by atoms with Gasteiger partial charge >= 0.3 is 0 Å². The van der Waals surface area contributed by atoms with Gasteiger partial charge in [-0.15, -0.1) is 12.4 Å². The van der Waals surface area contributed by atoms with E-state index in [9.17, 15) is 4.79 Å². The van der Waals surface area contributed by atoms with Crippen LogP contribution in [0.3, 0.4) is 0 Å². The lowest BCUT2D eigenvalue weighted by Gasteiger charge is -2.21. The van der Waals surface area contributed by atoms with Gasteiger partial charge in [-0.05, 0) is 38.0 Å². The average molecular weight is 414 g/mol. The Morgan fingerprint density at radius 3 is 2.97 bits per heavy atom. The van der Waals surface area contributed by atoms with Crippen molar-refractivity contribution in [2.75, 3.05) is 13.1 Å².